The Kier molecular flexibility index (Phi) is 3.36. The van der Waals surface area contributed by atoms with E-state index in [-0.39, 0.29) is 11.7 Å². The fourth-order valence-corrected chi connectivity index (χ4v) is 3.89. The maximum Gasteiger partial charge on any atom is 0.307 e. The number of ketones is 1. The number of carboxylic acid groups (broad SMARTS) is 1. The quantitative estimate of drug-likeness (QED) is 0.884. The molecule has 0 saturated heterocycles. The molecule has 0 saturated carbocycles. The molecule has 3 rings (SSSR count). The summed E-state index contributed by atoms with van der Waals surface area (Å²) in [5.41, 5.74) is 1.47. The largest absolute Gasteiger partial charge is 0.481 e. The number of benzene rings is 1. The van der Waals surface area contributed by atoms with Crippen LogP contribution in [0.4, 0.5) is 0 Å². The molecule has 3 nitrogen and oxygen atoms in total. The van der Waals surface area contributed by atoms with E-state index in [0.717, 1.165) is 10.4 Å². The third-order valence-electron chi connectivity index (χ3n) is 3.49. The molecule has 102 valence electrons. The van der Waals surface area contributed by atoms with Crippen molar-refractivity contribution in [1.82, 2.24) is 0 Å². The number of carboxylic acids is 1. The molecular formula is C15H11ClO3S. The topological polar surface area (TPSA) is 54.4 Å². The number of hydrogen-bond donors (Lipinski definition) is 1. The zero-order valence-corrected chi connectivity index (χ0v) is 12.0. The molecule has 1 atom stereocenters. The first-order valence-corrected chi connectivity index (χ1v) is 7.39. The number of thiophene rings is 1. The Bertz CT molecular complexity index is 681. The van der Waals surface area contributed by atoms with Crippen LogP contribution in [0.25, 0.3) is 0 Å². The van der Waals surface area contributed by atoms with Crippen molar-refractivity contribution in [1.29, 1.82) is 0 Å². The van der Waals surface area contributed by atoms with E-state index in [2.05, 4.69) is 0 Å². The van der Waals surface area contributed by atoms with E-state index in [1.54, 1.807) is 24.3 Å². The lowest BCUT2D eigenvalue weighted by Crippen LogP contribution is -2.13. The summed E-state index contributed by atoms with van der Waals surface area (Å²) >= 11 is 7.42. The summed E-state index contributed by atoms with van der Waals surface area (Å²) < 4.78 is 0. The van der Waals surface area contributed by atoms with Crippen molar-refractivity contribution in [3.05, 3.63) is 56.2 Å². The summed E-state index contributed by atoms with van der Waals surface area (Å²) in [7, 11) is 0. The zero-order valence-electron chi connectivity index (χ0n) is 10.4. The number of aliphatic carboxylic acids is 1. The third kappa shape index (κ3) is 2.25. The fourth-order valence-electron chi connectivity index (χ4n) is 2.44. The van der Waals surface area contributed by atoms with E-state index < -0.39 is 5.97 Å². The summed E-state index contributed by atoms with van der Waals surface area (Å²) in [6, 6.07) is 8.77. The molecule has 1 aromatic heterocycles. The first-order valence-electron chi connectivity index (χ1n) is 6.20. The van der Waals surface area contributed by atoms with Gasteiger partial charge in [-0.1, -0.05) is 23.7 Å². The van der Waals surface area contributed by atoms with Gasteiger partial charge in [0.05, 0.1) is 15.8 Å². The molecule has 2 aromatic rings. The number of carbonyl (C=O) groups excluding carboxylic acids is 1. The van der Waals surface area contributed by atoms with Gasteiger partial charge in [-0.2, -0.15) is 0 Å². The van der Waals surface area contributed by atoms with Gasteiger partial charge in [-0.3, -0.25) is 9.59 Å². The molecule has 0 bridgehead atoms. The van der Waals surface area contributed by atoms with Crippen molar-refractivity contribution in [2.45, 2.75) is 12.8 Å². The average Bonchev–Trinajstić information content (AvgIpc) is 2.96. The van der Waals surface area contributed by atoms with Gasteiger partial charge in [0.2, 0.25) is 5.78 Å². The molecule has 1 heterocycles. The van der Waals surface area contributed by atoms with Crippen LogP contribution in [0.5, 0.6) is 0 Å². The monoisotopic (exact) mass is 306 g/mol. The minimum Gasteiger partial charge on any atom is -0.481 e. The second-order valence-electron chi connectivity index (χ2n) is 4.81. The van der Waals surface area contributed by atoms with Gasteiger partial charge in [0.1, 0.15) is 0 Å². The first kappa shape index (κ1) is 13.3. The molecule has 1 N–H and O–H groups in total. The molecule has 20 heavy (non-hydrogen) atoms. The molecule has 1 unspecified atom stereocenters. The number of fused-ring (bicyclic) bond motifs is 1. The number of hydrogen-bond acceptors (Lipinski definition) is 3. The smallest absolute Gasteiger partial charge is 0.307 e. The van der Waals surface area contributed by atoms with Gasteiger partial charge >= 0.3 is 5.97 Å². The van der Waals surface area contributed by atoms with Crippen molar-refractivity contribution < 1.29 is 14.7 Å². The van der Waals surface area contributed by atoms with E-state index in [4.69, 9.17) is 16.7 Å². The van der Waals surface area contributed by atoms with Gasteiger partial charge in [-0.25, -0.2) is 0 Å². The van der Waals surface area contributed by atoms with Gasteiger partial charge in [0.25, 0.3) is 0 Å². The van der Waals surface area contributed by atoms with Crippen LogP contribution >= 0.6 is 22.9 Å². The molecule has 0 spiro atoms. The highest BCUT2D eigenvalue weighted by molar-refractivity contribution is 7.14. The summed E-state index contributed by atoms with van der Waals surface area (Å²) in [6.07, 6.45) is 1.03. The van der Waals surface area contributed by atoms with E-state index in [1.807, 2.05) is 6.07 Å². The van der Waals surface area contributed by atoms with Crippen molar-refractivity contribution in [2.75, 3.05) is 0 Å². The standard InChI is InChI=1S/C15H11ClO3S/c16-11-4-2-1-3-10(11)14(17)13-6-8-5-9(15(18)19)7-12(8)20-13/h1-4,6,9H,5,7H2,(H,18,19). The lowest BCUT2D eigenvalue weighted by molar-refractivity contribution is -0.141. The van der Waals surface area contributed by atoms with E-state index >= 15 is 0 Å². The van der Waals surface area contributed by atoms with Gasteiger partial charge in [-0.15, -0.1) is 11.3 Å². The lowest BCUT2D eigenvalue weighted by Gasteiger charge is -2.02. The SMILES string of the molecule is O=C(c1cc2c(s1)CC(C(=O)O)C2)c1ccccc1Cl. The Morgan fingerprint density at radius 3 is 2.65 bits per heavy atom. The average molecular weight is 307 g/mol. The highest BCUT2D eigenvalue weighted by Gasteiger charge is 2.30. The van der Waals surface area contributed by atoms with Gasteiger partial charge in [-0.05, 0) is 36.6 Å². The van der Waals surface area contributed by atoms with Crippen LogP contribution in [0.1, 0.15) is 25.7 Å². The third-order valence-corrected chi connectivity index (χ3v) is 5.01. The van der Waals surface area contributed by atoms with E-state index in [9.17, 15) is 9.59 Å². The Labute approximate surface area is 124 Å². The fraction of sp³-hybridized carbons (Fsp3) is 0.200. The molecule has 1 aliphatic rings. The van der Waals surface area contributed by atoms with Gasteiger partial charge in [0.15, 0.2) is 0 Å². The van der Waals surface area contributed by atoms with Crippen molar-refractivity contribution in [3.8, 4) is 0 Å². The van der Waals surface area contributed by atoms with E-state index in [0.29, 0.717) is 28.3 Å². The van der Waals surface area contributed by atoms with Gasteiger partial charge in [0, 0.05) is 10.4 Å². The summed E-state index contributed by atoms with van der Waals surface area (Å²) in [6.45, 7) is 0. The van der Waals surface area contributed by atoms with Crippen LogP contribution in [0.3, 0.4) is 0 Å². The second kappa shape index (κ2) is 5.04. The number of carbonyl (C=O) groups is 2. The minimum absolute atomic E-state index is 0.0955. The predicted octanol–water partition coefficient (Wildman–Crippen LogP) is 3.43. The Hall–Kier alpha value is -1.65. The molecule has 1 aromatic carbocycles. The van der Waals surface area contributed by atoms with Gasteiger partial charge < -0.3 is 5.11 Å². The van der Waals surface area contributed by atoms with Crippen LogP contribution in [-0.4, -0.2) is 16.9 Å². The van der Waals surface area contributed by atoms with Crippen LogP contribution in [0.15, 0.2) is 30.3 Å². The summed E-state index contributed by atoms with van der Waals surface area (Å²) in [4.78, 5) is 25.0. The lowest BCUT2D eigenvalue weighted by atomic mass is 10.1. The predicted molar refractivity (Wildman–Crippen MR) is 77.7 cm³/mol. The Morgan fingerprint density at radius 2 is 2.00 bits per heavy atom. The molecule has 0 amide bonds. The van der Waals surface area contributed by atoms with Crippen molar-refractivity contribution >= 4 is 34.7 Å². The van der Waals surface area contributed by atoms with Crippen LogP contribution in [0.2, 0.25) is 5.02 Å². The molecule has 0 fully saturated rings. The maximum absolute atomic E-state index is 12.4. The Balaban J connectivity index is 1.88. The maximum atomic E-state index is 12.4. The zero-order chi connectivity index (χ0) is 14.3. The van der Waals surface area contributed by atoms with Crippen LogP contribution < -0.4 is 0 Å². The van der Waals surface area contributed by atoms with Crippen LogP contribution in [0, 0.1) is 5.92 Å². The minimum atomic E-state index is -0.771. The second-order valence-corrected chi connectivity index (χ2v) is 6.36. The number of rotatable bonds is 3. The van der Waals surface area contributed by atoms with E-state index in [1.165, 1.54) is 11.3 Å². The molecule has 1 aliphatic carbocycles. The van der Waals surface area contributed by atoms with Crippen molar-refractivity contribution in [3.63, 3.8) is 0 Å². The number of halogens is 1. The van der Waals surface area contributed by atoms with Crippen LogP contribution in [-0.2, 0) is 17.6 Å². The normalized spacial score (nSPS) is 16.9. The molecule has 0 radical (unpaired) electrons. The summed E-state index contributed by atoms with van der Waals surface area (Å²) in [5.74, 6) is -1.21. The highest BCUT2D eigenvalue weighted by atomic mass is 35.5. The summed E-state index contributed by atoms with van der Waals surface area (Å²) in [5, 5.41) is 9.46. The molecular weight excluding hydrogens is 296 g/mol. The molecule has 5 heteroatoms. The first-order chi connectivity index (χ1) is 9.56. The van der Waals surface area contributed by atoms with Crippen molar-refractivity contribution in [2.24, 2.45) is 5.92 Å². The Morgan fingerprint density at radius 1 is 1.25 bits per heavy atom. The molecule has 0 aliphatic heterocycles. The highest BCUT2D eigenvalue weighted by Crippen LogP contribution is 2.35.